The number of unbranched alkanes of at least 4 members (excludes halogenated alkanes) is 1. The van der Waals surface area contributed by atoms with Crippen molar-refractivity contribution in [1.29, 1.82) is 0 Å². The molecule has 2 aliphatic heterocycles. The lowest BCUT2D eigenvalue weighted by Crippen LogP contribution is -2.50. The summed E-state index contributed by atoms with van der Waals surface area (Å²) < 4.78 is 5.70. The van der Waals surface area contributed by atoms with Gasteiger partial charge in [-0.1, -0.05) is 26.7 Å². The number of piperidine rings is 1. The van der Waals surface area contributed by atoms with Crippen molar-refractivity contribution >= 4 is 5.91 Å². The zero-order chi connectivity index (χ0) is 12.3. The van der Waals surface area contributed by atoms with Gasteiger partial charge < -0.3 is 9.64 Å². The minimum atomic E-state index is 0.189. The summed E-state index contributed by atoms with van der Waals surface area (Å²) in [6.45, 7) is 6.04. The van der Waals surface area contributed by atoms with Gasteiger partial charge in [0.2, 0.25) is 5.91 Å². The Morgan fingerprint density at radius 2 is 2.29 bits per heavy atom. The van der Waals surface area contributed by atoms with E-state index in [2.05, 4.69) is 18.7 Å². The van der Waals surface area contributed by atoms with Crippen LogP contribution >= 0.6 is 0 Å². The van der Waals surface area contributed by atoms with Crippen LogP contribution in [0.1, 0.15) is 52.4 Å². The average molecular weight is 239 g/mol. The Morgan fingerprint density at radius 3 is 3.06 bits per heavy atom. The molecule has 0 aromatic rings. The number of nitrogens with zero attached hydrogens (tertiary/aromatic N) is 1. The normalized spacial score (nSPS) is 30.1. The lowest BCUT2D eigenvalue weighted by atomic mass is 9.95. The van der Waals surface area contributed by atoms with E-state index in [0.717, 1.165) is 45.3 Å². The summed E-state index contributed by atoms with van der Waals surface area (Å²) in [6, 6.07) is 0.375. The molecule has 0 saturated carbocycles. The molecule has 2 aliphatic rings. The van der Waals surface area contributed by atoms with Crippen LogP contribution in [-0.4, -0.2) is 36.1 Å². The molecule has 2 rings (SSSR count). The molecule has 17 heavy (non-hydrogen) atoms. The average Bonchev–Trinajstić information content (AvgIpc) is 2.82. The van der Waals surface area contributed by atoms with Crippen molar-refractivity contribution in [2.45, 2.75) is 64.5 Å². The van der Waals surface area contributed by atoms with E-state index in [4.69, 9.17) is 4.74 Å². The quantitative estimate of drug-likeness (QED) is 0.754. The summed E-state index contributed by atoms with van der Waals surface area (Å²) in [7, 11) is 0. The molecular formula is C14H25NO2. The van der Waals surface area contributed by atoms with Crippen molar-refractivity contribution in [2.75, 3.05) is 13.2 Å². The molecule has 0 N–H and O–H groups in total. The number of amides is 1. The van der Waals surface area contributed by atoms with Crippen LogP contribution in [0.5, 0.6) is 0 Å². The maximum absolute atomic E-state index is 12.4. The molecule has 0 aromatic carbocycles. The smallest absolute Gasteiger partial charge is 0.225 e. The van der Waals surface area contributed by atoms with Crippen molar-refractivity contribution in [2.24, 2.45) is 5.92 Å². The number of fused-ring (bicyclic) bond motifs is 1. The third kappa shape index (κ3) is 2.82. The number of likely N-dealkylation sites (tertiary alicyclic amines) is 1. The molecule has 3 nitrogen and oxygen atoms in total. The number of hydrogen-bond donors (Lipinski definition) is 0. The molecule has 1 amide bonds. The second kappa shape index (κ2) is 5.85. The van der Waals surface area contributed by atoms with Crippen molar-refractivity contribution in [3.63, 3.8) is 0 Å². The van der Waals surface area contributed by atoms with E-state index in [-0.39, 0.29) is 5.92 Å². The van der Waals surface area contributed by atoms with Crippen LogP contribution in [0.2, 0.25) is 0 Å². The van der Waals surface area contributed by atoms with Crippen LogP contribution in [0.15, 0.2) is 0 Å². The van der Waals surface area contributed by atoms with Crippen LogP contribution < -0.4 is 0 Å². The Labute approximate surface area is 105 Å². The van der Waals surface area contributed by atoms with Crippen LogP contribution in [0.25, 0.3) is 0 Å². The number of ether oxygens (including phenoxy) is 1. The van der Waals surface area contributed by atoms with E-state index in [0.29, 0.717) is 18.1 Å². The molecule has 98 valence electrons. The first kappa shape index (κ1) is 12.9. The van der Waals surface area contributed by atoms with E-state index < -0.39 is 0 Å². The van der Waals surface area contributed by atoms with E-state index in [9.17, 15) is 4.79 Å². The Kier molecular flexibility index (Phi) is 4.43. The maximum Gasteiger partial charge on any atom is 0.225 e. The fourth-order valence-corrected chi connectivity index (χ4v) is 3.09. The summed E-state index contributed by atoms with van der Waals surface area (Å²) in [4.78, 5) is 14.5. The minimum Gasteiger partial charge on any atom is -0.376 e. The van der Waals surface area contributed by atoms with Gasteiger partial charge in [-0.2, -0.15) is 0 Å². The Bertz CT molecular complexity index is 267. The number of rotatable bonds is 4. The number of carbonyl (C=O) groups is 1. The zero-order valence-corrected chi connectivity index (χ0v) is 11.2. The summed E-state index contributed by atoms with van der Waals surface area (Å²) in [5.41, 5.74) is 0. The van der Waals surface area contributed by atoms with Gasteiger partial charge >= 0.3 is 0 Å². The van der Waals surface area contributed by atoms with Gasteiger partial charge in [0, 0.05) is 19.1 Å². The Morgan fingerprint density at radius 1 is 1.47 bits per heavy atom. The molecule has 2 fully saturated rings. The third-order valence-electron chi connectivity index (χ3n) is 4.16. The molecule has 0 aromatic heterocycles. The van der Waals surface area contributed by atoms with E-state index in [1.54, 1.807) is 0 Å². The van der Waals surface area contributed by atoms with Crippen molar-refractivity contribution in [3.05, 3.63) is 0 Å². The molecule has 2 heterocycles. The monoisotopic (exact) mass is 239 g/mol. The Balaban J connectivity index is 1.93. The lowest BCUT2D eigenvalue weighted by molar-refractivity contribution is -0.140. The van der Waals surface area contributed by atoms with Crippen LogP contribution in [-0.2, 0) is 9.53 Å². The second-order valence-electron chi connectivity index (χ2n) is 5.48. The molecule has 0 aliphatic carbocycles. The standard InChI is InChI=1S/C14H25NO2/c1-3-4-6-11(2)14(16)15-9-5-7-13-12(15)8-10-17-13/h11-13H,3-10H2,1-2H3/t11-,12-,13-/m1/s1. The second-order valence-corrected chi connectivity index (χ2v) is 5.48. The first-order valence-electron chi connectivity index (χ1n) is 7.16. The predicted molar refractivity (Wildman–Crippen MR) is 67.8 cm³/mol. The topological polar surface area (TPSA) is 29.5 Å². The molecule has 0 spiro atoms. The lowest BCUT2D eigenvalue weighted by Gasteiger charge is -2.38. The van der Waals surface area contributed by atoms with E-state index in [1.165, 1.54) is 6.42 Å². The zero-order valence-electron chi connectivity index (χ0n) is 11.2. The Hall–Kier alpha value is -0.570. The van der Waals surface area contributed by atoms with Gasteiger partial charge in [0.1, 0.15) is 0 Å². The van der Waals surface area contributed by atoms with Gasteiger partial charge in [0.25, 0.3) is 0 Å². The number of hydrogen-bond acceptors (Lipinski definition) is 2. The molecule has 0 unspecified atom stereocenters. The maximum atomic E-state index is 12.4. The highest BCUT2D eigenvalue weighted by Gasteiger charge is 2.39. The van der Waals surface area contributed by atoms with Gasteiger partial charge in [-0.25, -0.2) is 0 Å². The van der Waals surface area contributed by atoms with Crippen molar-refractivity contribution in [1.82, 2.24) is 4.90 Å². The molecule has 0 bridgehead atoms. The fraction of sp³-hybridized carbons (Fsp3) is 0.929. The van der Waals surface area contributed by atoms with Crippen LogP contribution in [0.3, 0.4) is 0 Å². The SMILES string of the molecule is CCCC[C@@H](C)C(=O)N1CCC[C@H]2OCC[C@H]21. The number of carbonyl (C=O) groups excluding carboxylic acids is 1. The first-order chi connectivity index (χ1) is 8.24. The van der Waals surface area contributed by atoms with Crippen LogP contribution in [0.4, 0.5) is 0 Å². The first-order valence-corrected chi connectivity index (χ1v) is 7.16. The molecule has 0 radical (unpaired) electrons. The van der Waals surface area contributed by atoms with Gasteiger partial charge in [0.05, 0.1) is 12.1 Å². The summed E-state index contributed by atoms with van der Waals surface area (Å²) in [5.74, 6) is 0.549. The van der Waals surface area contributed by atoms with Crippen molar-refractivity contribution in [3.8, 4) is 0 Å². The highest BCUT2D eigenvalue weighted by atomic mass is 16.5. The van der Waals surface area contributed by atoms with Gasteiger partial charge in [-0.3, -0.25) is 4.79 Å². The minimum absolute atomic E-state index is 0.189. The summed E-state index contributed by atoms with van der Waals surface area (Å²) in [6.07, 6.45) is 6.97. The van der Waals surface area contributed by atoms with Crippen molar-refractivity contribution < 1.29 is 9.53 Å². The van der Waals surface area contributed by atoms with Gasteiger partial charge in [-0.05, 0) is 25.7 Å². The van der Waals surface area contributed by atoms with E-state index >= 15 is 0 Å². The molecule has 3 atom stereocenters. The highest BCUT2D eigenvalue weighted by Crippen LogP contribution is 2.29. The predicted octanol–water partition coefficient (Wildman–Crippen LogP) is 2.59. The van der Waals surface area contributed by atoms with Crippen LogP contribution in [0, 0.1) is 5.92 Å². The molecule has 2 saturated heterocycles. The largest absolute Gasteiger partial charge is 0.376 e. The summed E-state index contributed by atoms with van der Waals surface area (Å²) >= 11 is 0. The third-order valence-corrected chi connectivity index (χ3v) is 4.16. The summed E-state index contributed by atoms with van der Waals surface area (Å²) in [5, 5.41) is 0. The van der Waals surface area contributed by atoms with E-state index in [1.807, 2.05) is 0 Å². The van der Waals surface area contributed by atoms with Gasteiger partial charge in [0.15, 0.2) is 0 Å². The molecule has 3 heteroatoms. The fourth-order valence-electron chi connectivity index (χ4n) is 3.09. The molecular weight excluding hydrogens is 214 g/mol. The highest BCUT2D eigenvalue weighted by molar-refractivity contribution is 5.79. The van der Waals surface area contributed by atoms with Gasteiger partial charge in [-0.15, -0.1) is 0 Å².